The highest BCUT2D eigenvalue weighted by molar-refractivity contribution is 7.98. The largest absolute Gasteiger partial charge is 0.480 e. The summed E-state index contributed by atoms with van der Waals surface area (Å²) in [6, 6.07) is 7.63. The van der Waals surface area contributed by atoms with E-state index < -0.39 is 5.97 Å². The Morgan fingerprint density at radius 3 is 2.71 bits per heavy atom. The van der Waals surface area contributed by atoms with Crippen molar-refractivity contribution < 1.29 is 9.90 Å². The fourth-order valence-electron chi connectivity index (χ4n) is 1.39. The van der Waals surface area contributed by atoms with Gasteiger partial charge in [-0.3, -0.25) is 4.79 Å². The molecule has 88 valence electrons. The molecule has 0 bridgehead atoms. The normalized spacial score (nSPS) is 10.4. The second-order valence-electron chi connectivity index (χ2n) is 3.28. The minimum atomic E-state index is -0.973. The van der Waals surface area contributed by atoms with Crippen molar-refractivity contribution in [2.45, 2.75) is 11.4 Å². The Bertz CT molecular complexity index is 523. The van der Waals surface area contributed by atoms with E-state index in [1.165, 1.54) is 4.68 Å². The second kappa shape index (κ2) is 4.96. The van der Waals surface area contributed by atoms with Crippen molar-refractivity contribution in [3.63, 3.8) is 0 Å². The molecule has 0 radical (unpaired) electrons. The van der Waals surface area contributed by atoms with Crippen LogP contribution in [0.2, 0.25) is 0 Å². The van der Waals surface area contributed by atoms with Gasteiger partial charge in [0.15, 0.2) is 5.82 Å². The van der Waals surface area contributed by atoms with Gasteiger partial charge < -0.3 is 5.11 Å². The molecule has 1 aromatic carbocycles. The number of carboxylic acid groups (broad SMARTS) is 1. The van der Waals surface area contributed by atoms with Crippen LogP contribution in [-0.2, 0) is 11.3 Å². The lowest BCUT2D eigenvalue weighted by Gasteiger charge is -2.02. The summed E-state index contributed by atoms with van der Waals surface area (Å²) in [6.45, 7) is -0.243. The highest BCUT2D eigenvalue weighted by Crippen LogP contribution is 2.20. The number of nitrogens with zero attached hydrogens (tertiary/aromatic N) is 4. The predicted octanol–water partition coefficient (Wildman–Crippen LogP) is 1.15. The first-order valence-electron chi connectivity index (χ1n) is 4.83. The summed E-state index contributed by atoms with van der Waals surface area (Å²) in [5.74, 6) is -0.515. The average Bonchev–Trinajstić information content (AvgIpc) is 2.76. The molecule has 1 aromatic heterocycles. The van der Waals surface area contributed by atoms with Gasteiger partial charge in [-0.2, -0.15) is 0 Å². The molecule has 17 heavy (non-hydrogen) atoms. The number of carboxylic acids is 1. The third-order valence-corrected chi connectivity index (χ3v) is 2.91. The average molecular weight is 250 g/mol. The Morgan fingerprint density at radius 2 is 2.12 bits per heavy atom. The zero-order chi connectivity index (χ0) is 12.3. The molecule has 1 heterocycles. The van der Waals surface area contributed by atoms with Gasteiger partial charge in [0.1, 0.15) is 6.54 Å². The molecule has 7 heteroatoms. The monoisotopic (exact) mass is 250 g/mol. The quantitative estimate of drug-likeness (QED) is 0.820. The van der Waals surface area contributed by atoms with E-state index in [1.807, 2.05) is 30.5 Å². The van der Waals surface area contributed by atoms with Crippen LogP contribution in [0.5, 0.6) is 0 Å². The van der Waals surface area contributed by atoms with Gasteiger partial charge in [-0.05, 0) is 28.8 Å². The molecule has 0 atom stereocenters. The van der Waals surface area contributed by atoms with Crippen molar-refractivity contribution >= 4 is 17.7 Å². The van der Waals surface area contributed by atoms with Crippen LogP contribution in [0.1, 0.15) is 0 Å². The number of hydrogen-bond acceptors (Lipinski definition) is 5. The zero-order valence-corrected chi connectivity index (χ0v) is 9.89. The van der Waals surface area contributed by atoms with Gasteiger partial charge in [0.2, 0.25) is 0 Å². The summed E-state index contributed by atoms with van der Waals surface area (Å²) >= 11 is 1.64. The van der Waals surface area contributed by atoms with E-state index in [4.69, 9.17) is 5.11 Å². The number of benzene rings is 1. The van der Waals surface area contributed by atoms with E-state index in [0.717, 1.165) is 10.5 Å². The van der Waals surface area contributed by atoms with Gasteiger partial charge in [-0.25, -0.2) is 4.68 Å². The van der Waals surface area contributed by atoms with Gasteiger partial charge in [0.25, 0.3) is 0 Å². The Kier molecular flexibility index (Phi) is 3.38. The van der Waals surface area contributed by atoms with Gasteiger partial charge >= 0.3 is 5.97 Å². The standard InChI is InChI=1S/C10H10N4O2S/c1-17-8-4-2-7(3-5-8)10-11-12-13-14(10)6-9(15)16/h2-5H,6H2,1H3,(H,15,16). The molecular weight excluding hydrogens is 240 g/mol. The first-order valence-corrected chi connectivity index (χ1v) is 6.05. The molecule has 0 amide bonds. The molecule has 0 aliphatic heterocycles. The molecule has 2 rings (SSSR count). The summed E-state index contributed by atoms with van der Waals surface area (Å²) in [6.07, 6.45) is 1.99. The maximum atomic E-state index is 10.6. The van der Waals surface area contributed by atoms with Crippen molar-refractivity contribution in [3.8, 4) is 11.4 Å². The van der Waals surface area contributed by atoms with Crippen LogP contribution < -0.4 is 0 Å². The van der Waals surface area contributed by atoms with E-state index in [9.17, 15) is 4.79 Å². The summed E-state index contributed by atoms with van der Waals surface area (Å²) in [5, 5.41) is 19.7. The Hall–Kier alpha value is -1.89. The van der Waals surface area contributed by atoms with E-state index in [2.05, 4.69) is 15.5 Å². The SMILES string of the molecule is CSc1ccc(-c2nnnn2CC(=O)O)cc1. The van der Waals surface area contributed by atoms with Crippen molar-refractivity contribution in [2.24, 2.45) is 0 Å². The Morgan fingerprint density at radius 1 is 1.41 bits per heavy atom. The Labute approximate surface area is 102 Å². The van der Waals surface area contributed by atoms with Crippen molar-refractivity contribution in [1.29, 1.82) is 0 Å². The molecule has 1 N–H and O–H groups in total. The third kappa shape index (κ3) is 2.62. The second-order valence-corrected chi connectivity index (χ2v) is 4.16. The van der Waals surface area contributed by atoms with Crippen LogP contribution in [0.4, 0.5) is 0 Å². The number of thioether (sulfide) groups is 1. The highest BCUT2D eigenvalue weighted by Gasteiger charge is 2.11. The number of tetrazole rings is 1. The van der Waals surface area contributed by atoms with Crippen LogP contribution in [0.25, 0.3) is 11.4 Å². The van der Waals surface area contributed by atoms with Crippen LogP contribution >= 0.6 is 11.8 Å². The first-order chi connectivity index (χ1) is 8.20. The van der Waals surface area contributed by atoms with Crippen LogP contribution in [0.3, 0.4) is 0 Å². The molecule has 0 aliphatic carbocycles. The minimum absolute atomic E-state index is 0.243. The number of aliphatic carboxylic acids is 1. The minimum Gasteiger partial charge on any atom is -0.480 e. The fourth-order valence-corrected chi connectivity index (χ4v) is 1.79. The molecule has 0 spiro atoms. The van der Waals surface area contributed by atoms with Crippen LogP contribution in [0, 0.1) is 0 Å². The van der Waals surface area contributed by atoms with E-state index in [-0.39, 0.29) is 6.54 Å². The molecule has 0 fully saturated rings. The van der Waals surface area contributed by atoms with Crippen LogP contribution in [0.15, 0.2) is 29.2 Å². The predicted molar refractivity (Wildman–Crippen MR) is 62.7 cm³/mol. The maximum Gasteiger partial charge on any atom is 0.325 e. The molecule has 6 nitrogen and oxygen atoms in total. The van der Waals surface area contributed by atoms with Crippen LogP contribution in [-0.4, -0.2) is 37.5 Å². The third-order valence-electron chi connectivity index (χ3n) is 2.17. The van der Waals surface area contributed by atoms with E-state index >= 15 is 0 Å². The maximum absolute atomic E-state index is 10.6. The lowest BCUT2D eigenvalue weighted by atomic mass is 10.2. The molecule has 0 saturated heterocycles. The van der Waals surface area contributed by atoms with E-state index in [1.54, 1.807) is 11.8 Å². The molecule has 0 aliphatic rings. The van der Waals surface area contributed by atoms with E-state index in [0.29, 0.717) is 5.82 Å². The summed E-state index contributed by atoms with van der Waals surface area (Å²) < 4.78 is 1.26. The summed E-state index contributed by atoms with van der Waals surface area (Å²) in [7, 11) is 0. The first kappa shape index (κ1) is 11.6. The number of rotatable bonds is 4. The smallest absolute Gasteiger partial charge is 0.325 e. The fraction of sp³-hybridized carbons (Fsp3) is 0.200. The van der Waals surface area contributed by atoms with Gasteiger partial charge in [0, 0.05) is 10.5 Å². The zero-order valence-electron chi connectivity index (χ0n) is 9.07. The van der Waals surface area contributed by atoms with Gasteiger partial charge in [0.05, 0.1) is 0 Å². The molecule has 2 aromatic rings. The number of carbonyl (C=O) groups is 1. The highest BCUT2D eigenvalue weighted by atomic mass is 32.2. The van der Waals surface area contributed by atoms with Crippen molar-refractivity contribution in [1.82, 2.24) is 20.2 Å². The lowest BCUT2D eigenvalue weighted by Crippen LogP contribution is -2.11. The molecule has 0 unspecified atom stereocenters. The summed E-state index contributed by atoms with van der Waals surface area (Å²) in [4.78, 5) is 11.8. The summed E-state index contributed by atoms with van der Waals surface area (Å²) in [5.41, 5.74) is 0.800. The van der Waals surface area contributed by atoms with Gasteiger partial charge in [-0.15, -0.1) is 16.9 Å². The van der Waals surface area contributed by atoms with Crippen molar-refractivity contribution in [3.05, 3.63) is 24.3 Å². The number of aromatic nitrogens is 4. The molecular formula is C10H10N4O2S. The van der Waals surface area contributed by atoms with Crippen molar-refractivity contribution in [2.75, 3.05) is 6.26 Å². The number of hydrogen-bond donors (Lipinski definition) is 1. The topological polar surface area (TPSA) is 80.9 Å². The van der Waals surface area contributed by atoms with Gasteiger partial charge in [-0.1, -0.05) is 12.1 Å². The Balaban J connectivity index is 2.32. The molecule has 0 saturated carbocycles. The lowest BCUT2D eigenvalue weighted by molar-refractivity contribution is -0.137.